The lowest BCUT2D eigenvalue weighted by molar-refractivity contribution is -0.289. The maximum atomic E-state index is 11.1. The van der Waals surface area contributed by atoms with Crippen LogP contribution < -0.4 is 0 Å². The van der Waals surface area contributed by atoms with Crippen LogP contribution in [0, 0.1) is 0 Å². The topological polar surface area (TPSA) is 122 Å². The Hall–Kier alpha value is -1.63. The standard InChI is InChI=1S/C25H32O10/c26-21(27)11-22-30-12-20-14(34-22)6-3-5-13-15(32-20)7-8-16-18(31-13)10-19-25(35-16)23(28)24-17(33-19)4-1-2-9-29-24/h1-3,6-8,13-20,22-25,28H,4-5,9-12H2,(H,26,27)/b6-3-/t13-,14+,15+,16-,17+,18+,19-,20-,22+,23-,24+,25-/m1/s1. The molecule has 10 nitrogen and oxygen atoms in total. The number of aliphatic hydroxyl groups excluding tert-OH is 1. The molecule has 0 radical (unpaired) electrons. The molecule has 6 aliphatic rings. The van der Waals surface area contributed by atoms with Crippen LogP contribution in [-0.2, 0) is 38.0 Å². The molecule has 3 fully saturated rings. The summed E-state index contributed by atoms with van der Waals surface area (Å²) >= 11 is 0. The summed E-state index contributed by atoms with van der Waals surface area (Å²) in [5, 5.41) is 20.1. The number of carboxylic acids is 1. The van der Waals surface area contributed by atoms with E-state index in [-0.39, 0.29) is 55.8 Å². The van der Waals surface area contributed by atoms with Crippen molar-refractivity contribution in [2.75, 3.05) is 13.2 Å². The van der Waals surface area contributed by atoms with Crippen molar-refractivity contribution in [1.82, 2.24) is 0 Å². The summed E-state index contributed by atoms with van der Waals surface area (Å²) < 4.78 is 42.8. The zero-order valence-electron chi connectivity index (χ0n) is 19.3. The molecule has 0 aromatic carbocycles. The highest BCUT2D eigenvalue weighted by Crippen LogP contribution is 2.38. The van der Waals surface area contributed by atoms with Crippen LogP contribution in [0.25, 0.3) is 0 Å². The van der Waals surface area contributed by atoms with E-state index >= 15 is 0 Å². The van der Waals surface area contributed by atoms with Crippen LogP contribution >= 0.6 is 0 Å². The minimum absolute atomic E-state index is 0.208. The van der Waals surface area contributed by atoms with Crippen molar-refractivity contribution < 1.29 is 48.2 Å². The normalized spacial score (nSPS) is 50.0. The number of rotatable bonds is 2. The number of carbonyl (C=O) groups is 1. The summed E-state index contributed by atoms with van der Waals surface area (Å²) in [7, 11) is 0. The van der Waals surface area contributed by atoms with Gasteiger partial charge in [0.15, 0.2) is 6.29 Å². The molecule has 3 saturated heterocycles. The van der Waals surface area contributed by atoms with Crippen molar-refractivity contribution in [3.63, 3.8) is 0 Å². The van der Waals surface area contributed by atoms with E-state index in [9.17, 15) is 9.90 Å². The summed E-state index contributed by atoms with van der Waals surface area (Å²) in [6.45, 7) is 0.684. The average Bonchev–Trinajstić information content (AvgIpc) is 3.15. The van der Waals surface area contributed by atoms with Gasteiger partial charge in [0.05, 0.1) is 44.1 Å². The predicted octanol–water partition coefficient (Wildman–Crippen LogP) is 0.871. The van der Waals surface area contributed by atoms with E-state index in [1.54, 1.807) is 0 Å². The molecule has 12 atom stereocenters. The number of fused-ring (bicyclic) bond motifs is 5. The van der Waals surface area contributed by atoms with Gasteiger partial charge >= 0.3 is 5.97 Å². The predicted molar refractivity (Wildman–Crippen MR) is 119 cm³/mol. The maximum Gasteiger partial charge on any atom is 0.308 e. The highest BCUT2D eigenvalue weighted by Gasteiger charge is 2.52. The van der Waals surface area contributed by atoms with Gasteiger partial charge in [-0.1, -0.05) is 36.5 Å². The van der Waals surface area contributed by atoms with E-state index in [4.69, 9.17) is 38.3 Å². The third-order valence-corrected chi connectivity index (χ3v) is 7.52. The van der Waals surface area contributed by atoms with Crippen molar-refractivity contribution in [2.24, 2.45) is 0 Å². The summed E-state index contributed by atoms with van der Waals surface area (Å²) in [6.07, 6.45) is 8.58. The number of carboxylic acid groups (broad SMARTS) is 1. The van der Waals surface area contributed by atoms with Gasteiger partial charge in [0.1, 0.15) is 42.7 Å². The number of hydrogen-bond acceptors (Lipinski definition) is 9. The fraction of sp³-hybridized carbons (Fsp3) is 0.720. The Morgan fingerprint density at radius 1 is 0.743 bits per heavy atom. The van der Waals surface area contributed by atoms with Crippen LogP contribution in [0.5, 0.6) is 0 Å². The van der Waals surface area contributed by atoms with Gasteiger partial charge in [0.2, 0.25) is 0 Å². The average molecular weight is 493 g/mol. The van der Waals surface area contributed by atoms with Crippen LogP contribution in [0.3, 0.4) is 0 Å². The van der Waals surface area contributed by atoms with E-state index in [1.165, 1.54) is 0 Å². The third kappa shape index (κ3) is 4.86. The molecule has 0 spiro atoms. The summed E-state index contributed by atoms with van der Waals surface area (Å²) in [6, 6.07) is 0. The molecule has 2 N–H and O–H groups in total. The van der Waals surface area contributed by atoms with Crippen LogP contribution in [0.1, 0.15) is 25.7 Å². The van der Waals surface area contributed by atoms with E-state index in [0.29, 0.717) is 25.9 Å². The zero-order chi connectivity index (χ0) is 23.9. The number of ether oxygens (including phenoxy) is 7. The first-order valence-corrected chi connectivity index (χ1v) is 12.5. The SMILES string of the molecule is O=C(O)C[C@H]1OC[C@H]2O[C@H]3C=C[C@H]4O[C@H]5[C@H](O)[C@H]6OCC=CC[C@@H]6O[C@@H]5C[C@@H]4O[C@@H]3C/C=C\[C@@H]2O1. The number of aliphatic hydroxyl groups is 1. The molecule has 0 bridgehead atoms. The Morgan fingerprint density at radius 2 is 1.51 bits per heavy atom. The smallest absolute Gasteiger partial charge is 0.308 e. The highest BCUT2D eigenvalue weighted by atomic mass is 16.7. The second-order valence-electron chi connectivity index (χ2n) is 9.87. The van der Waals surface area contributed by atoms with E-state index in [1.807, 2.05) is 36.5 Å². The van der Waals surface area contributed by atoms with Crippen LogP contribution in [0.4, 0.5) is 0 Å². The molecule has 0 aliphatic carbocycles. The second kappa shape index (κ2) is 10.0. The molecule has 10 heteroatoms. The molecule has 6 rings (SSSR count). The molecular formula is C25H32O10. The fourth-order valence-electron chi connectivity index (χ4n) is 5.81. The largest absolute Gasteiger partial charge is 0.481 e. The van der Waals surface area contributed by atoms with Crippen molar-refractivity contribution in [3.05, 3.63) is 36.5 Å². The molecule has 6 aliphatic heterocycles. The lowest BCUT2D eigenvalue weighted by atomic mass is 9.87. The van der Waals surface area contributed by atoms with E-state index < -0.39 is 36.7 Å². The Morgan fingerprint density at radius 3 is 2.37 bits per heavy atom. The van der Waals surface area contributed by atoms with Gasteiger partial charge in [-0.3, -0.25) is 4.79 Å². The van der Waals surface area contributed by atoms with Crippen molar-refractivity contribution in [2.45, 2.75) is 99.1 Å². The van der Waals surface area contributed by atoms with Crippen LogP contribution in [-0.4, -0.2) is 103 Å². The Labute approximate surface area is 203 Å². The molecule has 6 heterocycles. The van der Waals surface area contributed by atoms with Crippen molar-refractivity contribution in [3.8, 4) is 0 Å². The Kier molecular flexibility index (Phi) is 6.80. The first kappa shape index (κ1) is 23.7. The lowest BCUT2D eigenvalue weighted by Crippen LogP contribution is -2.63. The van der Waals surface area contributed by atoms with Gasteiger partial charge < -0.3 is 43.4 Å². The first-order chi connectivity index (χ1) is 17.0. The molecule has 0 amide bonds. The van der Waals surface area contributed by atoms with E-state index in [2.05, 4.69) is 0 Å². The fourth-order valence-corrected chi connectivity index (χ4v) is 5.81. The van der Waals surface area contributed by atoms with Crippen molar-refractivity contribution >= 4 is 5.97 Å². The molecule has 0 aromatic rings. The monoisotopic (exact) mass is 492 g/mol. The van der Waals surface area contributed by atoms with Crippen molar-refractivity contribution in [1.29, 1.82) is 0 Å². The van der Waals surface area contributed by atoms with E-state index in [0.717, 1.165) is 0 Å². The minimum atomic E-state index is -0.973. The Balaban J connectivity index is 1.15. The number of aliphatic carboxylic acids is 1. The van der Waals surface area contributed by atoms with Gasteiger partial charge in [-0.25, -0.2) is 0 Å². The quantitative estimate of drug-likeness (QED) is 0.537. The summed E-state index contributed by atoms with van der Waals surface area (Å²) in [5.74, 6) is -0.973. The number of hydrogen-bond donors (Lipinski definition) is 2. The molecule has 0 unspecified atom stereocenters. The summed E-state index contributed by atoms with van der Waals surface area (Å²) in [4.78, 5) is 11.0. The third-order valence-electron chi connectivity index (χ3n) is 7.52. The first-order valence-electron chi connectivity index (χ1n) is 12.5. The lowest BCUT2D eigenvalue weighted by Gasteiger charge is -2.49. The molecule has 192 valence electrons. The zero-order valence-corrected chi connectivity index (χ0v) is 19.3. The van der Waals surface area contributed by atoms with Gasteiger partial charge in [-0.2, -0.15) is 0 Å². The molecule has 0 aromatic heterocycles. The van der Waals surface area contributed by atoms with Gasteiger partial charge in [-0.15, -0.1) is 0 Å². The minimum Gasteiger partial charge on any atom is -0.481 e. The second-order valence-corrected chi connectivity index (χ2v) is 9.87. The maximum absolute atomic E-state index is 11.1. The van der Waals surface area contributed by atoms with Gasteiger partial charge in [0, 0.05) is 6.42 Å². The highest BCUT2D eigenvalue weighted by molar-refractivity contribution is 5.67. The van der Waals surface area contributed by atoms with Gasteiger partial charge in [-0.05, 0) is 12.8 Å². The molecular weight excluding hydrogens is 460 g/mol. The van der Waals surface area contributed by atoms with Gasteiger partial charge in [0.25, 0.3) is 0 Å². The molecule has 35 heavy (non-hydrogen) atoms. The summed E-state index contributed by atoms with van der Waals surface area (Å²) in [5.41, 5.74) is 0. The van der Waals surface area contributed by atoms with Crippen LogP contribution in [0.2, 0.25) is 0 Å². The molecule has 0 saturated carbocycles. The van der Waals surface area contributed by atoms with Crippen LogP contribution in [0.15, 0.2) is 36.5 Å². The Bertz CT molecular complexity index is 872.